The minimum Gasteiger partial charge on any atom is -0.335 e. The number of rotatable bonds is 2. The molecule has 0 bridgehead atoms. The average Bonchev–Trinajstić information content (AvgIpc) is 2.50. The van der Waals surface area contributed by atoms with Gasteiger partial charge in [0, 0.05) is 6.04 Å². The van der Waals surface area contributed by atoms with Crippen molar-refractivity contribution in [2.24, 2.45) is 5.92 Å². The lowest BCUT2D eigenvalue weighted by Gasteiger charge is -2.21. The second-order valence-corrected chi connectivity index (χ2v) is 4.51. The molecule has 84 valence electrons. The first-order valence-corrected chi connectivity index (χ1v) is 5.82. The number of aromatic nitrogens is 2. The molecule has 4 heteroatoms. The number of hydrogen-bond acceptors (Lipinski definition) is 4. The molecule has 2 atom stereocenters. The van der Waals surface area contributed by atoms with E-state index in [1.165, 1.54) is 32.1 Å². The quantitative estimate of drug-likeness (QED) is 0.761. The van der Waals surface area contributed by atoms with Gasteiger partial charge in [0.05, 0.1) is 0 Å². The molecule has 1 aliphatic carbocycles. The molecule has 2 unspecified atom stereocenters. The summed E-state index contributed by atoms with van der Waals surface area (Å²) >= 11 is 0. The lowest BCUT2D eigenvalue weighted by atomic mass is 9.97. The van der Waals surface area contributed by atoms with Crippen LogP contribution in [-0.2, 0) is 0 Å². The van der Waals surface area contributed by atoms with Gasteiger partial charge in [-0.1, -0.05) is 31.3 Å². The van der Waals surface area contributed by atoms with Gasteiger partial charge in [-0.3, -0.25) is 0 Å². The lowest BCUT2D eigenvalue weighted by molar-refractivity contribution is 0.399. The minimum absolute atomic E-state index is 0.493. The van der Waals surface area contributed by atoms with Crippen molar-refractivity contribution in [1.82, 2.24) is 10.1 Å². The zero-order chi connectivity index (χ0) is 10.7. The number of hydrogen-bond donors (Lipinski definition) is 1. The summed E-state index contributed by atoms with van der Waals surface area (Å²) in [4.78, 5) is 4.18. The Morgan fingerprint density at radius 1 is 1.27 bits per heavy atom. The summed E-state index contributed by atoms with van der Waals surface area (Å²) in [6.07, 6.45) is 6.51. The molecule has 1 N–H and O–H groups in total. The SMILES string of the molecule is Cc1noc(NC2CCCCCC2C)n1. The third-order valence-electron chi connectivity index (χ3n) is 3.20. The third kappa shape index (κ3) is 2.70. The van der Waals surface area contributed by atoms with Crippen molar-refractivity contribution < 1.29 is 4.52 Å². The van der Waals surface area contributed by atoms with Gasteiger partial charge in [-0.2, -0.15) is 4.98 Å². The average molecular weight is 209 g/mol. The van der Waals surface area contributed by atoms with E-state index in [2.05, 4.69) is 22.4 Å². The third-order valence-corrected chi connectivity index (χ3v) is 3.20. The first-order chi connectivity index (χ1) is 7.25. The van der Waals surface area contributed by atoms with Crippen molar-refractivity contribution >= 4 is 6.01 Å². The van der Waals surface area contributed by atoms with E-state index < -0.39 is 0 Å². The van der Waals surface area contributed by atoms with Crippen LogP contribution in [-0.4, -0.2) is 16.2 Å². The van der Waals surface area contributed by atoms with Crippen LogP contribution in [0.5, 0.6) is 0 Å². The summed E-state index contributed by atoms with van der Waals surface area (Å²) in [5.74, 6) is 1.39. The number of nitrogens with one attached hydrogen (secondary N) is 1. The molecule has 0 amide bonds. The van der Waals surface area contributed by atoms with Crippen LogP contribution >= 0.6 is 0 Å². The summed E-state index contributed by atoms with van der Waals surface area (Å²) in [6, 6.07) is 1.07. The maximum absolute atomic E-state index is 5.08. The van der Waals surface area contributed by atoms with E-state index in [1.54, 1.807) is 0 Å². The molecule has 0 radical (unpaired) electrons. The van der Waals surface area contributed by atoms with E-state index in [4.69, 9.17) is 4.52 Å². The topological polar surface area (TPSA) is 51.0 Å². The minimum atomic E-state index is 0.493. The molecule has 0 aromatic carbocycles. The molecule has 15 heavy (non-hydrogen) atoms. The van der Waals surface area contributed by atoms with Gasteiger partial charge in [-0.25, -0.2) is 0 Å². The zero-order valence-corrected chi connectivity index (χ0v) is 9.49. The van der Waals surface area contributed by atoms with Gasteiger partial charge in [-0.15, -0.1) is 0 Å². The molecule has 1 aliphatic rings. The second-order valence-electron chi connectivity index (χ2n) is 4.51. The normalized spacial score (nSPS) is 27.3. The van der Waals surface area contributed by atoms with Gasteiger partial charge in [0.25, 0.3) is 0 Å². The summed E-state index contributed by atoms with van der Waals surface area (Å²) in [6.45, 7) is 4.14. The van der Waals surface area contributed by atoms with E-state index in [9.17, 15) is 0 Å². The predicted molar refractivity (Wildman–Crippen MR) is 58.7 cm³/mol. The summed E-state index contributed by atoms with van der Waals surface area (Å²) in [7, 11) is 0. The Bertz CT molecular complexity index is 311. The molecule has 1 aromatic heterocycles. The van der Waals surface area contributed by atoms with Crippen molar-refractivity contribution in [3.05, 3.63) is 5.82 Å². The van der Waals surface area contributed by atoms with Gasteiger partial charge in [-0.05, 0) is 25.7 Å². The summed E-state index contributed by atoms with van der Waals surface area (Å²) in [5, 5.41) is 7.13. The molecular formula is C11H19N3O. The van der Waals surface area contributed by atoms with Gasteiger partial charge in [0.2, 0.25) is 0 Å². The number of anilines is 1. The highest BCUT2D eigenvalue weighted by atomic mass is 16.5. The molecule has 4 nitrogen and oxygen atoms in total. The molecule has 2 rings (SSSR count). The molecule has 0 aliphatic heterocycles. The van der Waals surface area contributed by atoms with E-state index >= 15 is 0 Å². The predicted octanol–water partition coefficient (Wildman–Crippen LogP) is 2.76. The second kappa shape index (κ2) is 4.64. The van der Waals surface area contributed by atoms with E-state index in [0.717, 1.165) is 0 Å². The summed E-state index contributed by atoms with van der Waals surface area (Å²) in [5.41, 5.74) is 0. The zero-order valence-electron chi connectivity index (χ0n) is 9.49. The van der Waals surface area contributed by atoms with Crippen molar-refractivity contribution in [2.75, 3.05) is 5.32 Å². The fourth-order valence-electron chi connectivity index (χ4n) is 2.22. The number of nitrogens with zero attached hydrogens (tertiary/aromatic N) is 2. The molecule has 0 spiro atoms. The highest BCUT2D eigenvalue weighted by Crippen LogP contribution is 2.25. The summed E-state index contributed by atoms with van der Waals surface area (Å²) < 4.78 is 5.08. The van der Waals surface area contributed by atoms with Crippen LogP contribution in [0, 0.1) is 12.8 Å². The standard InChI is InChI=1S/C11H19N3O/c1-8-6-4-3-5-7-10(8)13-11-12-9(2)14-15-11/h8,10H,3-7H2,1-2H3,(H,12,13,14). The molecule has 1 heterocycles. The monoisotopic (exact) mass is 209 g/mol. The fourth-order valence-corrected chi connectivity index (χ4v) is 2.22. The van der Waals surface area contributed by atoms with E-state index in [0.29, 0.717) is 23.8 Å². The van der Waals surface area contributed by atoms with E-state index in [-0.39, 0.29) is 0 Å². The molecular weight excluding hydrogens is 190 g/mol. The highest BCUT2D eigenvalue weighted by molar-refractivity contribution is 5.20. The first-order valence-electron chi connectivity index (χ1n) is 5.82. The van der Waals surface area contributed by atoms with Gasteiger partial charge < -0.3 is 9.84 Å². The molecule has 1 aromatic rings. The number of aryl methyl sites for hydroxylation is 1. The van der Waals surface area contributed by atoms with Crippen LogP contribution < -0.4 is 5.32 Å². The Morgan fingerprint density at radius 2 is 2.07 bits per heavy atom. The Morgan fingerprint density at radius 3 is 2.80 bits per heavy atom. The molecule has 1 fully saturated rings. The lowest BCUT2D eigenvalue weighted by Crippen LogP contribution is -2.26. The van der Waals surface area contributed by atoms with Crippen LogP contribution in [0.25, 0.3) is 0 Å². The largest absolute Gasteiger partial charge is 0.335 e. The van der Waals surface area contributed by atoms with Crippen LogP contribution in [0.4, 0.5) is 6.01 Å². The van der Waals surface area contributed by atoms with Gasteiger partial charge >= 0.3 is 6.01 Å². The van der Waals surface area contributed by atoms with E-state index in [1.807, 2.05) is 6.92 Å². The smallest absolute Gasteiger partial charge is 0.321 e. The Labute approximate surface area is 90.4 Å². The Kier molecular flexibility index (Phi) is 3.23. The van der Waals surface area contributed by atoms with Gasteiger partial charge in [0.15, 0.2) is 5.82 Å². The van der Waals surface area contributed by atoms with Crippen LogP contribution in [0.1, 0.15) is 44.9 Å². The molecule has 0 saturated heterocycles. The Hall–Kier alpha value is -1.06. The van der Waals surface area contributed by atoms with Gasteiger partial charge in [0.1, 0.15) is 0 Å². The maximum atomic E-state index is 5.08. The fraction of sp³-hybridized carbons (Fsp3) is 0.818. The highest BCUT2D eigenvalue weighted by Gasteiger charge is 2.21. The van der Waals surface area contributed by atoms with Crippen LogP contribution in [0.3, 0.4) is 0 Å². The molecule has 1 saturated carbocycles. The van der Waals surface area contributed by atoms with Crippen molar-refractivity contribution in [1.29, 1.82) is 0 Å². The van der Waals surface area contributed by atoms with Crippen molar-refractivity contribution in [3.63, 3.8) is 0 Å². The maximum Gasteiger partial charge on any atom is 0.321 e. The first kappa shape index (κ1) is 10.5. The van der Waals surface area contributed by atoms with Crippen LogP contribution in [0.2, 0.25) is 0 Å². The van der Waals surface area contributed by atoms with Crippen LogP contribution in [0.15, 0.2) is 4.52 Å². The van der Waals surface area contributed by atoms with Crippen molar-refractivity contribution in [3.8, 4) is 0 Å². The van der Waals surface area contributed by atoms with Crippen molar-refractivity contribution in [2.45, 2.75) is 52.0 Å². The Balaban J connectivity index is 1.97.